The maximum atomic E-state index is 6.01. The van der Waals surface area contributed by atoms with Gasteiger partial charge in [0.2, 0.25) is 0 Å². The average Bonchev–Trinajstić information content (AvgIpc) is 2.87. The van der Waals surface area contributed by atoms with E-state index in [9.17, 15) is 0 Å². The molecule has 0 aliphatic carbocycles. The first-order valence-electron chi connectivity index (χ1n) is 5.90. The van der Waals surface area contributed by atoms with Crippen LogP contribution in [0.1, 0.15) is 25.5 Å². The third-order valence-electron chi connectivity index (χ3n) is 2.99. The summed E-state index contributed by atoms with van der Waals surface area (Å²) < 4.78 is 1.95. The van der Waals surface area contributed by atoms with Crippen LogP contribution in [0.25, 0.3) is 0 Å². The van der Waals surface area contributed by atoms with Crippen molar-refractivity contribution in [3.63, 3.8) is 0 Å². The van der Waals surface area contributed by atoms with E-state index in [2.05, 4.69) is 29.1 Å². The number of nitrogen functional groups attached to an aromatic ring is 1. The van der Waals surface area contributed by atoms with E-state index in [0.29, 0.717) is 0 Å². The maximum Gasteiger partial charge on any atom is 0.148 e. The summed E-state index contributed by atoms with van der Waals surface area (Å²) in [6, 6.07) is 0. The molecule has 1 unspecified atom stereocenters. The molecule has 4 nitrogen and oxygen atoms in total. The number of anilines is 2. The van der Waals surface area contributed by atoms with Crippen LogP contribution in [0, 0.1) is 6.92 Å². The van der Waals surface area contributed by atoms with E-state index < -0.39 is 0 Å². The topological polar surface area (TPSA) is 55.9 Å². The van der Waals surface area contributed by atoms with E-state index >= 15 is 0 Å². The number of rotatable bonds is 4. The third kappa shape index (κ3) is 2.29. The molecule has 0 amide bonds. The number of hydrogen-bond acceptors (Lipinski definition) is 4. The molecule has 0 spiro atoms. The number of aromatic nitrogens is 2. The van der Waals surface area contributed by atoms with Crippen molar-refractivity contribution in [1.29, 1.82) is 0 Å². The van der Waals surface area contributed by atoms with Gasteiger partial charge in [-0.15, -0.1) is 0 Å². The molecule has 0 bridgehead atoms. The monoisotopic (exact) mass is 240 g/mol. The van der Waals surface area contributed by atoms with Crippen molar-refractivity contribution in [2.75, 3.05) is 23.3 Å². The van der Waals surface area contributed by atoms with Crippen LogP contribution in [0.2, 0.25) is 0 Å². The van der Waals surface area contributed by atoms with E-state index in [4.69, 9.17) is 5.73 Å². The minimum atomic E-state index is 0.736. The zero-order valence-corrected chi connectivity index (χ0v) is 10.8. The number of thioether (sulfide) groups is 1. The van der Waals surface area contributed by atoms with E-state index in [1.165, 1.54) is 18.6 Å². The highest BCUT2D eigenvalue weighted by Crippen LogP contribution is 2.28. The summed E-state index contributed by atoms with van der Waals surface area (Å²) in [5, 5.41) is 8.58. The Labute approximate surface area is 101 Å². The molecule has 1 aromatic rings. The lowest BCUT2D eigenvalue weighted by molar-refractivity contribution is 0.655. The van der Waals surface area contributed by atoms with Gasteiger partial charge in [-0.1, -0.05) is 0 Å². The van der Waals surface area contributed by atoms with E-state index in [1.54, 1.807) is 0 Å². The van der Waals surface area contributed by atoms with Crippen molar-refractivity contribution >= 4 is 23.3 Å². The second-order valence-corrected chi connectivity index (χ2v) is 5.59. The fourth-order valence-electron chi connectivity index (χ4n) is 2.03. The minimum absolute atomic E-state index is 0.736. The van der Waals surface area contributed by atoms with Crippen LogP contribution >= 0.6 is 11.8 Å². The Kier molecular flexibility index (Phi) is 3.63. The lowest BCUT2D eigenvalue weighted by Crippen LogP contribution is -2.17. The Morgan fingerprint density at radius 2 is 2.44 bits per heavy atom. The number of nitrogens with two attached hydrogens (primary N) is 1. The maximum absolute atomic E-state index is 6.01. The summed E-state index contributed by atoms with van der Waals surface area (Å²) in [7, 11) is 0. The van der Waals surface area contributed by atoms with Gasteiger partial charge in [-0.3, -0.25) is 0 Å². The Bertz CT molecular complexity index is 355. The molecule has 1 atom stereocenters. The van der Waals surface area contributed by atoms with Crippen molar-refractivity contribution in [1.82, 2.24) is 9.78 Å². The van der Waals surface area contributed by atoms with Gasteiger partial charge in [0.1, 0.15) is 5.82 Å². The molecule has 5 heteroatoms. The van der Waals surface area contributed by atoms with Gasteiger partial charge in [0.05, 0.1) is 11.4 Å². The standard InChI is InChI=1S/C11H20N4S/c1-3-15-11(10(12)8(2)14-15)13-7-9-5-4-6-16-9/h9,13H,3-7,12H2,1-2H3. The fourth-order valence-corrected chi connectivity index (χ4v) is 3.23. The minimum Gasteiger partial charge on any atom is -0.394 e. The van der Waals surface area contributed by atoms with Gasteiger partial charge >= 0.3 is 0 Å². The molecule has 0 radical (unpaired) electrons. The van der Waals surface area contributed by atoms with Gasteiger partial charge in [-0.25, -0.2) is 4.68 Å². The quantitative estimate of drug-likeness (QED) is 0.846. The highest BCUT2D eigenvalue weighted by molar-refractivity contribution is 8.00. The summed E-state index contributed by atoms with van der Waals surface area (Å²) >= 11 is 2.05. The first-order chi connectivity index (χ1) is 7.72. The fraction of sp³-hybridized carbons (Fsp3) is 0.727. The average molecular weight is 240 g/mol. The van der Waals surface area contributed by atoms with E-state index in [0.717, 1.165) is 35.5 Å². The zero-order valence-electron chi connectivity index (χ0n) is 9.99. The number of aryl methyl sites for hydroxylation is 2. The Balaban J connectivity index is 2.01. The lowest BCUT2D eigenvalue weighted by Gasteiger charge is -2.12. The summed E-state index contributed by atoms with van der Waals surface area (Å²) in [6.07, 6.45) is 2.66. The molecule has 1 aliphatic rings. The molecule has 2 rings (SSSR count). The smallest absolute Gasteiger partial charge is 0.148 e. The molecule has 1 fully saturated rings. The Hall–Kier alpha value is -0.840. The molecule has 1 saturated heterocycles. The molecule has 3 N–H and O–H groups in total. The summed E-state index contributed by atoms with van der Waals surface area (Å²) in [6.45, 7) is 5.90. The zero-order chi connectivity index (χ0) is 11.5. The molecular formula is C11H20N4S. The lowest BCUT2D eigenvalue weighted by atomic mass is 10.2. The van der Waals surface area contributed by atoms with Crippen LogP contribution in [-0.4, -0.2) is 27.3 Å². The van der Waals surface area contributed by atoms with Crippen molar-refractivity contribution in [3.8, 4) is 0 Å². The first-order valence-corrected chi connectivity index (χ1v) is 6.95. The normalized spacial score (nSPS) is 20.2. The van der Waals surface area contributed by atoms with Crippen molar-refractivity contribution in [3.05, 3.63) is 5.69 Å². The number of hydrogen-bond donors (Lipinski definition) is 2. The summed E-state index contributed by atoms with van der Waals surface area (Å²) in [4.78, 5) is 0. The van der Waals surface area contributed by atoms with Crippen molar-refractivity contribution in [2.24, 2.45) is 0 Å². The summed E-state index contributed by atoms with van der Waals surface area (Å²) in [5.41, 5.74) is 7.73. The van der Waals surface area contributed by atoms with Gasteiger partial charge in [-0.05, 0) is 32.4 Å². The Morgan fingerprint density at radius 3 is 3.06 bits per heavy atom. The van der Waals surface area contributed by atoms with E-state index in [-0.39, 0.29) is 0 Å². The van der Waals surface area contributed by atoms with Gasteiger partial charge < -0.3 is 11.1 Å². The molecule has 16 heavy (non-hydrogen) atoms. The highest BCUT2D eigenvalue weighted by atomic mass is 32.2. The predicted molar refractivity (Wildman–Crippen MR) is 71.0 cm³/mol. The van der Waals surface area contributed by atoms with Gasteiger partial charge in [-0.2, -0.15) is 16.9 Å². The van der Waals surface area contributed by atoms with Crippen LogP contribution < -0.4 is 11.1 Å². The molecule has 2 heterocycles. The molecule has 0 aromatic carbocycles. The number of nitrogens with zero attached hydrogens (tertiary/aromatic N) is 2. The van der Waals surface area contributed by atoms with Crippen molar-refractivity contribution < 1.29 is 0 Å². The third-order valence-corrected chi connectivity index (χ3v) is 4.39. The first kappa shape index (κ1) is 11.6. The van der Waals surface area contributed by atoms with Gasteiger partial charge in [0, 0.05) is 18.3 Å². The molecule has 1 aromatic heterocycles. The predicted octanol–water partition coefficient (Wildman–Crippen LogP) is 2.10. The largest absolute Gasteiger partial charge is 0.394 e. The van der Waals surface area contributed by atoms with Crippen LogP contribution in [-0.2, 0) is 6.54 Å². The SMILES string of the molecule is CCn1nc(C)c(N)c1NCC1CCCS1. The highest BCUT2D eigenvalue weighted by Gasteiger charge is 2.17. The molecule has 0 saturated carbocycles. The van der Waals surface area contributed by atoms with Crippen LogP contribution in [0.3, 0.4) is 0 Å². The van der Waals surface area contributed by atoms with Gasteiger partial charge in [0.25, 0.3) is 0 Å². The second kappa shape index (κ2) is 4.99. The molecule has 1 aliphatic heterocycles. The van der Waals surface area contributed by atoms with Crippen LogP contribution in [0.4, 0.5) is 11.5 Å². The van der Waals surface area contributed by atoms with Crippen molar-refractivity contribution in [2.45, 2.75) is 38.5 Å². The second-order valence-electron chi connectivity index (χ2n) is 4.18. The summed E-state index contributed by atoms with van der Waals surface area (Å²) in [5.74, 6) is 2.29. The van der Waals surface area contributed by atoms with E-state index in [1.807, 2.05) is 11.6 Å². The Morgan fingerprint density at radius 1 is 1.62 bits per heavy atom. The number of nitrogens with one attached hydrogen (secondary N) is 1. The molecular weight excluding hydrogens is 220 g/mol. The van der Waals surface area contributed by atoms with Gasteiger partial charge in [0.15, 0.2) is 0 Å². The van der Waals surface area contributed by atoms with Crippen LogP contribution in [0.15, 0.2) is 0 Å². The molecule has 90 valence electrons. The van der Waals surface area contributed by atoms with Crippen LogP contribution in [0.5, 0.6) is 0 Å².